The Hall–Kier alpha value is -0.260. The first-order valence-corrected chi connectivity index (χ1v) is 6.80. The molecule has 0 aromatic rings. The third kappa shape index (κ3) is 3.36. The van der Waals surface area contributed by atoms with E-state index in [0.29, 0.717) is 0 Å². The van der Waals surface area contributed by atoms with Gasteiger partial charge >= 0.3 is 0 Å². The first-order valence-electron chi connectivity index (χ1n) is 6.80. The molecule has 15 heavy (non-hydrogen) atoms. The van der Waals surface area contributed by atoms with Crippen molar-refractivity contribution >= 4 is 0 Å². The van der Waals surface area contributed by atoms with E-state index in [1.54, 1.807) is 5.57 Å². The molecule has 0 bridgehead atoms. The Morgan fingerprint density at radius 2 is 1.93 bits per heavy atom. The molecule has 4 unspecified atom stereocenters. The average molecular weight is 208 g/mol. The van der Waals surface area contributed by atoms with Gasteiger partial charge < -0.3 is 0 Å². The molecule has 0 heteroatoms. The second-order valence-corrected chi connectivity index (χ2v) is 5.52. The van der Waals surface area contributed by atoms with Crippen LogP contribution in [0.2, 0.25) is 0 Å². The maximum Gasteiger partial charge on any atom is -0.0172 e. The lowest BCUT2D eigenvalue weighted by Crippen LogP contribution is -2.11. The lowest BCUT2D eigenvalue weighted by Gasteiger charge is -2.22. The molecule has 0 aromatic heterocycles. The minimum atomic E-state index is 0.733. The van der Waals surface area contributed by atoms with Crippen LogP contribution in [0.3, 0.4) is 0 Å². The van der Waals surface area contributed by atoms with Crippen LogP contribution in [0.5, 0.6) is 0 Å². The largest absolute Gasteiger partial charge is 0.0993 e. The molecular weight excluding hydrogens is 180 g/mol. The van der Waals surface area contributed by atoms with Gasteiger partial charge in [0.25, 0.3) is 0 Å². The average Bonchev–Trinajstić information content (AvgIpc) is 2.96. The summed E-state index contributed by atoms with van der Waals surface area (Å²) in [4.78, 5) is 0. The molecule has 1 fully saturated rings. The lowest BCUT2D eigenvalue weighted by molar-refractivity contribution is 0.392. The van der Waals surface area contributed by atoms with Crippen molar-refractivity contribution in [3.05, 3.63) is 12.2 Å². The fourth-order valence-corrected chi connectivity index (χ4v) is 2.80. The van der Waals surface area contributed by atoms with Crippen LogP contribution in [-0.4, -0.2) is 0 Å². The van der Waals surface area contributed by atoms with Crippen molar-refractivity contribution in [2.24, 2.45) is 23.7 Å². The Kier molecular flexibility index (Phi) is 4.89. The fourth-order valence-electron chi connectivity index (χ4n) is 2.80. The van der Waals surface area contributed by atoms with E-state index in [1.807, 2.05) is 0 Å². The van der Waals surface area contributed by atoms with Gasteiger partial charge in [-0.3, -0.25) is 0 Å². The molecule has 1 aliphatic rings. The highest BCUT2D eigenvalue weighted by Gasteiger charge is 2.39. The molecule has 0 heterocycles. The van der Waals surface area contributed by atoms with E-state index in [2.05, 4.69) is 34.3 Å². The van der Waals surface area contributed by atoms with E-state index in [4.69, 9.17) is 0 Å². The molecule has 1 saturated carbocycles. The van der Waals surface area contributed by atoms with E-state index in [9.17, 15) is 0 Å². The number of rotatable bonds is 7. The summed E-state index contributed by atoms with van der Waals surface area (Å²) < 4.78 is 0. The minimum Gasteiger partial charge on any atom is -0.0993 e. The van der Waals surface area contributed by atoms with Gasteiger partial charge in [0.2, 0.25) is 0 Å². The van der Waals surface area contributed by atoms with Gasteiger partial charge in [-0.1, -0.05) is 65.5 Å². The molecule has 1 rings (SSSR count). The highest BCUT2D eigenvalue weighted by Crippen LogP contribution is 2.49. The van der Waals surface area contributed by atoms with Gasteiger partial charge in [0.05, 0.1) is 0 Å². The van der Waals surface area contributed by atoms with Gasteiger partial charge in [0, 0.05) is 0 Å². The summed E-state index contributed by atoms with van der Waals surface area (Å²) in [7, 11) is 0. The van der Waals surface area contributed by atoms with Crippen molar-refractivity contribution < 1.29 is 0 Å². The normalized spacial score (nSPS) is 28.5. The van der Waals surface area contributed by atoms with E-state index in [0.717, 1.165) is 23.7 Å². The highest BCUT2D eigenvalue weighted by molar-refractivity contribution is 5.15. The van der Waals surface area contributed by atoms with Crippen molar-refractivity contribution in [3.63, 3.8) is 0 Å². The van der Waals surface area contributed by atoms with Crippen LogP contribution in [0.1, 0.15) is 59.8 Å². The quantitative estimate of drug-likeness (QED) is 0.513. The first-order chi connectivity index (χ1) is 7.11. The molecule has 0 amide bonds. The monoisotopic (exact) mass is 208 g/mol. The topological polar surface area (TPSA) is 0 Å². The molecule has 88 valence electrons. The summed E-state index contributed by atoms with van der Waals surface area (Å²) in [6, 6.07) is 0. The maximum atomic E-state index is 4.35. The molecular formula is C15H28. The summed E-state index contributed by atoms with van der Waals surface area (Å²) in [5.74, 6) is 3.42. The highest BCUT2D eigenvalue weighted by atomic mass is 14.4. The molecule has 0 nitrogen and oxygen atoms in total. The van der Waals surface area contributed by atoms with Crippen molar-refractivity contribution in [2.75, 3.05) is 0 Å². The van der Waals surface area contributed by atoms with Gasteiger partial charge in [-0.25, -0.2) is 0 Å². The van der Waals surface area contributed by atoms with Gasteiger partial charge in [0.1, 0.15) is 0 Å². The third-order valence-electron chi connectivity index (χ3n) is 4.24. The minimum absolute atomic E-state index is 0.733. The molecule has 0 aliphatic heterocycles. The van der Waals surface area contributed by atoms with Crippen LogP contribution in [0.25, 0.3) is 0 Å². The predicted molar refractivity (Wildman–Crippen MR) is 68.9 cm³/mol. The fraction of sp³-hybridized carbons (Fsp3) is 0.867. The third-order valence-corrected chi connectivity index (χ3v) is 4.24. The van der Waals surface area contributed by atoms with Crippen LogP contribution in [0.4, 0.5) is 0 Å². The molecule has 0 spiro atoms. The smallest absolute Gasteiger partial charge is 0.0172 e. The molecule has 0 N–H and O–H groups in total. The summed E-state index contributed by atoms with van der Waals surface area (Å²) in [6.07, 6.45) is 6.84. The van der Waals surface area contributed by atoms with Gasteiger partial charge in [-0.2, -0.15) is 0 Å². The Balaban J connectivity index is 2.34. The Morgan fingerprint density at radius 3 is 2.47 bits per heavy atom. The van der Waals surface area contributed by atoms with Crippen molar-refractivity contribution in [1.29, 1.82) is 0 Å². The summed E-state index contributed by atoms with van der Waals surface area (Å²) in [5, 5.41) is 0. The van der Waals surface area contributed by atoms with Crippen molar-refractivity contribution in [1.82, 2.24) is 0 Å². The van der Waals surface area contributed by atoms with Crippen LogP contribution < -0.4 is 0 Å². The second-order valence-electron chi connectivity index (χ2n) is 5.52. The zero-order valence-corrected chi connectivity index (χ0v) is 11.1. The summed E-state index contributed by atoms with van der Waals surface area (Å²) in [5.41, 5.74) is 1.55. The van der Waals surface area contributed by atoms with E-state index in [1.165, 1.54) is 32.1 Å². The predicted octanol–water partition coefficient (Wildman–Crippen LogP) is 5.05. The number of hydrogen-bond donors (Lipinski definition) is 0. The zero-order chi connectivity index (χ0) is 11.4. The van der Waals surface area contributed by atoms with Crippen LogP contribution in [-0.2, 0) is 0 Å². The lowest BCUT2D eigenvalue weighted by atomic mass is 9.84. The molecule has 0 aromatic carbocycles. The Labute approximate surface area is 96.2 Å². The molecule has 0 saturated heterocycles. The summed E-state index contributed by atoms with van der Waals surface area (Å²) >= 11 is 0. The van der Waals surface area contributed by atoms with Crippen molar-refractivity contribution in [2.45, 2.75) is 59.8 Å². The maximum absolute atomic E-state index is 4.35. The van der Waals surface area contributed by atoms with E-state index >= 15 is 0 Å². The first kappa shape index (κ1) is 12.8. The second kappa shape index (κ2) is 5.72. The van der Waals surface area contributed by atoms with Crippen molar-refractivity contribution in [3.8, 4) is 0 Å². The molecule has 0 radical (unpaired) electrons. The summed E-state index contributed by atoms with van der Waals surface area (Å²) in [6.45, 7) is 13.7. The molecule has 1 aliphatic carbocycles. The van der Waals surface area contributed by atoms with Gasteiger partial charge in [-0.15, -0.1) is 0 Å². The van der Waals surface area contributed by atoms with Gasteiger partial charge in [0.15, 0.2) is 0 Å². The van der Waals surface area contributed by atoms with Gasteiger partial charge in [-0.05, 0) is 30.1 Å². The SMILES string of the molecule is C=C(C(C)C(C)CCC)C1CC1CCC. The number of hydrogen-bond acceptors (Lipinski definition) is 0. The standard InChI is InChI=1S/C15H28/c1-6-8-11(3)12(4)13(5)15-10-14(15)9-7-2/h11-12,14-15H,5-10H2,1-4H3. The van der Waals surface area contributed by atoms with Crippen LogP contribution in [0.15, 0.2) is 12.2 Å². The van der Waals surface area contributed by atoms with E-state index in [-0.39, 0.29) is 0 Å². The zero-order valence-electron chi connectivity index (χ0n) is 11.1. The van der Waals surface area contributed by atoms with Crippen LogP contribution >= 0.6 is 0 Å². The van der Waals surface area contributed by atoms with E-state index < -0.39 is 0 Å². The Morgan fingerprint density at radius 1 is 1.27 bits per heavy atom. The van der Waals surface area contributed by atoms with Crippen LogP contribution in [0, 0.1) is 23.7 Å². The Bertz CT molecular complexity index is 204. The molecule has 4 atom stereocenters. The number of allylic oxidation sites excluding steroid dienone is 1.